The highest BCUT2D eigenvalue weighted by atomic mass is 16.5. The van der Waals surface area contributed by atoms with E-state index in [1.165, 1.54) is 6.92 Å². The van der Waals surface area contributed by atoms with Crippen molar-refractivity contribution in [3.63, 3.8) is 0 Å². The minimum Gasteiger partial charge on any atom is -0.453 e. The molecule has 2 atom stereocenters. The molecule has 0 spiro atoms. The number of ether oxygens (including phenoxy) is 1. The molecule has 8 nitrogen and oxygen atoms in total. The van der Waals surface area contributed by atoms with E-state index in [4.69, 9.17) is 4.74 Å². The van der Waals surface area contributed by atoms with Crippen LogP contribution in [0.4, 0.5) is 10.5 Å². The molecule has 8 heteroatoms. The molecule has 0 aliphatic carbocycles. The maximum Gasteiger partial charge on any atom is 0.322 e. The summed E-state index contributed by atoms with van der Waals surface area (Å²) < 4.78 is 5.01. The van der Waals surface area contributed by atoms with Crippen molar-refractivity contribution in [2.75, 3.05) is 5.32 Å². The van der Waals surface area contributed by atoms with Crippen LogP contribution in [-0.4, -0.2) is 36.0 Å². The third-order valence-electron chi connectivity index (χ3n) is 3.21. The summed E-state index contributed by atoms with van der Waals surface area (Å²) in [5.41, 5.74) is 0.603. The Labute approximate surface area is 132 Å². The van der Waals surface area contributed by atoms with Crippen LogP contribution in [0.25, 0.3) is 0 Å². The molecule has 122 valence electrons. The number of para-hydroxylation sites is 1. The fourth-order valence-corrected chi connectivity index (χ4v) is 2.00. The lowest BCUT2D eigenvalue weighted by Gasteiger charge is -2.14. The van der Waals surface area contributed by atoms with Crippen molar-refractivity contribution in [1.29, 1.82) is 0 Å². The molecular formula is C15H17N3O5. The number of urea groups is 1. The minimum absolute atomic E-state index is 0.0820. The molecule has 1 aliphatic rings. The first-order chi connectivity index (χ1) is 11.0. The van der Waals surface area contributed by atoms with Crippen LogP contribution in [0.15, 0.2) is 30.3 Å². The van der Waals surface area contributed by atoms with Gasteiger partial charge in [-0.05, 0) is 25.5 Å². The molecule has 2 unspecified atom stereocenters. The van der Waals surface area contributed by atoms with Gasteiger partial charge in [-0.3, -0.25) is 19.7 Å². The summed E-state index contributed by atoms with van der Waals surface area (Å²) in [5, 5.41) is 7.07. The van der Waals surface area contributed by atoms with E-state index in [0.29, 0.717) is 5.69 Å². The van der Waals surface area contributed by atoms with Crippen LogP contribution in [0.3, 0.4) is 0 Å². The van der Waals surface area contributed by atoms with E-state index in [0.717, 1.165) is 0 Å². The Morgan fingerprint density at radius 1 is 1.26 bits per heavy atom. The van der Waals surface area contributed by atoms with Crippen molar-refractivity contribution in [2.24, 2.45) is 0 Å². The second-order valence-corrected chi connectivity index (χ2v) is 5.04. The summed E-state index contributed by atoms with van der Waals surface area (Å²) in [6.45, 7) is 1.46. The molecular weight excluding hydrogens is 302 g/mol. The van der Waals surface area contributed by atoms with Crippen molar-refractivity contribution in [1.82, 2.24) is 10.6 Å². The van der Waals surface area contributed by atoms with Gasteiger partial charge in [0.2, 0.25) is 0 Å². The summed E-state index contributed by atoms with van der Waals surface area (Å²) in [6, 6.07) is 7.46. The van der Waals surface area contributed by atoms with E-state index in [2.05, 4.69) is 16.0 Å². The fourth-order valence-electron chi connectivity index (χ4n) is 2.00. The van der Waals surface area contributed by atoms with E-state index in [9.17, 15) is 19.2 Å². The third-order valence-corrected chi connectivity index (χ3v) is 3.21. The lowest BCUT2D eigenvalue weighted by Crippen LogP contribution is -2.32. The molecule has 1 saturated heterocycles. The van der Waals surface area contributed by atoms with E-state index in [-0.39, 0.29) is 12.8 Å². The normalized spacial score (nSPS) is 17.9. The highest BCUT2D eigenvalue weighted by Crippen LogP contribution is 2.08. The number of imide groups is 1. The average Bonchev–Trinajstić information content (AvgIpc) is 2.84. The molecule has 3 N–H and O–H groups in total. The van der Waals surface area contributed by atoms with Gasteiger partial charge < -0.3 is 15.4 Å². The number of carbonyl (C=O) groups is 4. The number of nitrogens with one attached hydrogen (secondary N) is 3. The predicted octanol–water partition coefficient (Wildman–Crippen LogP) is 0.545. The summed E-state index contributed by atoms with van der Waals surface area (Å²) in [6.07, 6.45) is -0.931. The van der Waals surface area contributed by atoms with E-state index < -0.39 is 36.0 Å². The smallest absolute Gasteiger partial charge is 0.322 e. The zero-order valence-corrected chi connectivity index (χ0v) is 12.5. The number of anilines is 1. The van der Waals surface area contributed by atoms with Crippen molar-refractivity contribution in [3.05, 3.63) is 30.3 Å². The second-order valence-electron chi connectivity index (χ2n) is 5.04. The Hall–Kier alpha value is -2.90. The standard InChI is InChI=1S/C15H17N3O5/c1-9(13(20)16-10-5-3-2-4-6-10)23-12(19)8-7-11-14(21)18-15(22)17-11/h2-6,9,11H,7-8H2,1H3,(H,16,20)(H2,17,18,21,22). The van der Waals surface area contributed by atoms with Crippen LogP contribution in [0, 0.1) is 0 Å². The van der Waals surface area contributed by atoms with Gasteiger partial charge in [-0.1, -0.05) is 18.2 Å². The fraction of sp³-hybridized carbons (Fsp3) is 0.333. The first kappa shape index (κ1) is 16.5. The maximum atomic E-state index is 11.9. The van der Waals surface area contributed by atoms with Crippen LogP contribution in [0.1, 0.15) is 19.8 Å². The molecule has 0 bridgehead atoms. The monoisotopic (exact) mass is 319 g/mol. The summed E-state index contributed by atoms with van der Waals surface area (Å²) in [7, 11) is 0. The molecule has 1 aromatic carbocycles. The van der Waals surface area contributed by atoms with Gasteiger partial charge in [0.15, 0.2) is 6.10 Å². The molecule has 1 aliphatic heterocycles. The van der Waals surface area contributed by atoms with Crippen LogP contribution in [0.2, 0.25) is 0 Å². The van der Waals surface area contributed by atoms with Gasteiger partial charge in [0, 0.05) is 12.1 Å². The number of rotatable bonds is 6. The Balaban J connectivity index is 1.75. The first-order valence-electron chi connectivity index (χ1n) is 7.12. The zero-order valence-electron chi connectivity index (χ0n) is 12.5. The van der Waals surface area contributed by atoms with Crippen LogP contribution in [0.5, 0.6) is 0 Å². The van der Waals surface area contributed by atoms with Gasteiger partial charge in [-0.2, -0.15) is 0 Å². The van der Waals surface area contributed by atoms with E-state index in [1.807, 2.05) is 6.07 Å². The number of carbonyl (C=O) groups excluding carboxylic acids is 4. The van der Waals surface area contributed by atoms with Gasteiger partial charge in [0.05, 0.1) is 0 Å². The molecule has 1 aromatic rings. The van der Waals surface area contributed by atoms with Crippen LogP contribution < -0.4 is 16.0 Å². The van der Waals surface area contributed by atoms with E-state index >= 15 is 0 Å². The maximum absolute atomic E-state index is 11.9. The molecule has 1 fully saturated rings. The molecule has 4 amide bonds. The first-order valence-corrected chi connectivity index (χ1v) is 7.12. The van der Waals surface area contributed by atoms with Crippen molar-refractivity contribution >= 4 is 29.5 Å². The van der Waals surface area contributed by atoms with Crippen LogP contribution in [-0.2, 0) is 19.1 Å². The number of esters is 1. The number of hydrogen-bond donors (Lipinski definition) is 3. The zero-order chi connectivity index (χ0) is 16.8. The largest absolute Gasteiger partial charge is 0.453 e. The third kappa shape index (κ3) is 4.80. The lowest BCUT2D eigenvalue weighted by molar-refractivity contribution is -0.153. The van der Waals surface area contributed by atoms with Gasteiger partial charge in [0.25, 0.3) is 11.8 Å². The highest BCUT2D eigenvalue weighted by molar-refractivity contribution is 6.04. The Bertz CT molecular complexity index is 617. The van der Waals surface area contributed by atoms with Gasteiger partial charge in [0.1, 0.15) is 6.04 Å². The Morgan fingerprint density at radius 3 is 2.57 bits per heavy atom. The number of hydrogen-bond acceptors (Lipinski definition) is 5. The molecule has 0 aromatic heterocycles. The topological polar surface area (TPSA) is 114 Å². The molecule has 23 heavy (non-hydrogen) atoms. The lowest BCUT2D eigenvalue weighted by atomic mass is 10.1. The minimum atomic E-state index is -0.963. The van der Waals surface area contributed by atoms with E-state index in [1.54, 1.807) is 24.3 Å². The highest BCUT2D eigenvalue weighted by Gasteiger charge is 2.30. The van der Waals surface area contributed by atoms with Gasteiger partial charge in [-0.25, -0.2) is 4.79 Å². The summed E-state index contributed by atoms with van der Waals surface area (Å²) in [5.74, 6) is -1.54. The number of amides is 4. The van der Waals surface area contributed by atoms with Crippen molar-refractivity contribution < 1.29 is 23.9 Å². The van der Waals surface area contributed by atoms with Gasteiger partial charge in [-0.15, -0.1) is 0 Å². The molecule has 0 saturated carbocycles. The van der Waals surface area contributed by atoms with Gasteiger partial charge >= 0.3 is 12.0 Å². The molecule has 2 rings (SSSR count). The predicted molar refractivity (Wildman–Crippen MR) is 80.3 cm³/mol. The van der Waals surface area contributed by atoms with Crippen LogP contribution >= 0.6 is 0 Å². The SMILES string of the molecule is CC(OC(=O)CCC1NC(=O)NC1=O)C(=O)Nc1ccccc1. The van der Waals surface area contributed by atoms with Crippen molar-refractivity contribution in [3.8, 4) is 0 Å². The Morgan fingerprint density at radius 2 is 1.96 bits per heavy atom. The summed E-state index contributed by atoms with van der Waals surface area (Å²) >= 11 is 0. The quantitative estimate of drug-likeness (QED) is 0.523. The second kappa shape index (κ2) is 7.39. The average molecular weight is 319 g/mol. The number of benzene rings is 1. The summed E-state index contributed by atoms with van der Waals surface area (Å²) in [4.78, 5) is 45.9. The molecule has 1 heterocycles. The molecule has 0 radical (unpaired) electrons. The Kier molecular flexibility index (Phi) is 5.29. The van der Waals surface area contributed by atoms with Crippen molar-refractivity contribution in [2.45, 2.75) is 31.9 Å².